The summed E-state index contributed by atoms with van der Waals surface area (Å²) in [5.41, 5.74) is 4.02. The van der Waals surface area contributed by atoms with Gasteiger partial charge in [0.25, 0.3) is 0 Å². The van der Waals surface area contributed by atoms with Crippen LogP contribution in [0.25, 0.3) is 11.3 Å². The predicted octanol–water partition coefficient (Wildman–Crippen LogP) is 4.95. The summed E-state index contributed by atoms with van der Waals surface area (Å²) >= 11 is 0. The van der Waals surface area contributed by atoms with E-state index < -0.39 is 12.5 Å². The molecular weight excluding hydrogens is 570 g/mol. The number of nitrogens with zero attached hydrogens (tertiary/aromatic N) is 4. The molecule has 2 aromatic carbocycles. The molecule has 4 N–H and O–H groups in total. The van der Waals surface area contributed by atoms with E-state index in [0.29, 0.717) is 42.0 Å². The maximum atomic E-state index is 13.6. The van der Waals surface area contributed by atoms with Gasteiger partial charge in [0, 0.05) is 74.4 Å². The first-order chi connectivity index (χ1) is 21.4. The summed E-state index contributed by atoms with van der Waals surface area (Å²) in [5, 5.41) is 16.6. The molecule has 1 aromatic heterocycles. The van der Waals surface area contributed by atoms with Crippen LogP contribution in [0, 0.1) is 5.41 Å². The molecule has 2 aliphatic heterocycles. The molecule has 0 saturated carbocycles. The van der Waals surface area contributed by atoms with E-state index in [9.17, 15) is 13.6 Å². The second-order valence-corrected chi connectivity index (χ2v) is 10.4. The average molecular weight is 607 g/mol. The standard InChI is InChI=1S/C31H36F2N8O3/c1-3-30(42)39-25-15-26(38-29-16-24(36-19-37-29)20-4-5-21(18-34)23(14-20)35-2)28(44-31(32)33)17-27(25)41-8-6-22(7-9-41)40-10-12-43-13-11-40/h3-5,14-19,22,31,34-35H,1,6-13H2,2H3,(H,39,42)(H,36,37,38). The molecule has 3 heterocycles. The van der Waals surface area contributed by atoms with Gasteiger partial charge in [-0.3, -0.25) is 9.69 Å². The molecular formula is C31H36F2N8O3. The maximum absolute atomic E-state index is 13.6. The van der Waals surface area contributed by atoms with Crippen molar-refractivity contribution in [2.45, 2.75) is 25.5 Å². The van der Waals surface area contributed by atoms with Crippen molar-refractivity contribution in [2.75, 3.05) is 67.3 Å². The zero-order valence-electron chi connectivity index (χ0n) is 24.5. The molecule has 44 heavy (non-hydrogen) atoms. The summed E-state index contributed by atoms with van der Waals surface area (Å²) in [7, 11) is 1.77. The first-order valence-electron chi connectivity index (χ1n) is 14.4. The fraction of sp³-hybridized carbons (Fsp3) is 0.355. The summed E-state index contributed by atoms with van der Waals surface area (Å²) in [6, 6.07) is 10.7. The number of morpholine rings is 1. The van der Waals surface area contributed by atoms with Gasteiger partial charge in [0.2, 0.25) is 5.91 Å². The van der Waals surface area contributed by atoms with Gasteiger partial charge in [-0.15, -0.1) is 0 Å². The molecule has 5 rings (SSSR count). The van der Waals surface area contributed by atoms with Crippen LogP contribution in [0.5, 0.6) is 5.75 Å². The normalized spacial score (nSPS) is 16.0. The van der Waals surface area contributed by atoms with E-state index in [4.69, 9.17) is 14.9 Å². The number of amides is 1. The Morgan fingerprint density at radius 3 is 2.55 bits per heavy atom. The number of benzene rings is 2. The second kappa shape index (κ2) is 14.2. The van der Waals surface area contributed by atoms with Gasteiger partial charge in [-0.2, -0.15) is 8.78 Å². The smallest absolute Gasteiger partial charge is 0.387 e. The highest BCUT2D eigenvalue weighted by Gasteiger charge is 2.28. The molecule has 13 heteroatoms. The zero-order valence-corrected chi connectivity index (χ0v) is 24.5. The summed E-state index contributed by atoms with van der Waals surface area (Å²) in [6.07, 6.45) is 5.55. The first-order valence-corrected chi connectivity index (χ1v) is 14.4. The lowest BCUT2D eigenvalue weighted by Crippen LogP contribution is -2.49. The van der Waals surface area contributed by atoms with Gasteiger partial charge in [0.1, 0.15) is 12.1 Å². The molecule has 2 aliphatic rings. The van der Waals surface area contributed by atoms with Gasteiger partial charge in [-0.25, -0.2) is 9.97 Å². The number of ether oxygens (including phenoxy) is 2. The number of aromatic nitrogens is 2. The van der Waals surface area contributed by atoms with Crippen molar-refractivity contribution in [1.82, 2.24) is 14.9 Å². The summed E-state index contributed by atoms with van der Waals surface area (Å²) in [4.78, 5) is 25.6. The summed E-state index contributed by atoms with van der Waals surface area (Å²) in [6.45, 7) is 5.09. The van der Waals surface area contributed by atoms with E-state index in [1.165, 1.54) is 18.6 Å². The van der Waals surface area contributed by atoms with Crippen molar-refractivity contribution < 1.29 is 23.0 Å². The van der Waals surface area contributed by atoms with E-state index in [1.807, 2.05) is 12.1 Å². The zero-order chi connectivity index (χ0) is 31.1. The third kappa shape index (κ3) is 7.29. The highest BCUT2D eigenvalue weighted by molar-refractivity contribution is 6.02. The van der Waals surface area contributed by atoms with Crippen LogP contribution in [-0.2, 0) is 9.53 Å². The van der Waals surface area contributed by atoms with Crippen LogP contribution >= 0.6 is 0 Å². The Morgan fingerprint density at radius 1 is 1.09 bits per heavy atom. The Labute approximate surface area is 254 Å². The lowest BCUT2D eigenvalue weighted by atomic mass is 10.0. The predicted molar refractivity (Wildman–Crippen MR) is 168 cm³/mol. The molecule has 2 fully saturated rings. The number of halogens is 2. The molecule has 232 valence electrons. The van der Waals surface area contributed by atoms with Crippen molar-refractivity contribution >= 4 is 40.7 Å². The summed E-state index contributed by atoms with van der Waals surface area (Å²) in [5.74, 6) is -0.188. The monoisotopic (exact) mass is 606 g/mol. The minimum atomic E-state index is -3.07. The van der Waals surface area contributed by atoms with Crippen molar-refractivity contribution in [3.63, 3.8) is 0 Å². The number of rotatable bonds is 11. The van der Waals surface area contributed by atoms with Crippen molar-refractivity contribution in [3.8, 4) is 17.0 Å². The van der Waals surface area contributed by atoms with E-state index >= 15 is 0 Å². The number of hydrogen-bond acceptors (Lipinski definition) is 10. The van der Waals surface area contributed by atoms with Crippen LogP contribution in [-0.4, -0.2) is 86.1 Å². The topological polar surface area (TPSA) is 128 Å². The molecule has 0 bridgehead atoms. The Kier molecular flexibility index (Phi) is 9.97. The molecule has 0 radical (unpaired) electrons. The molecule has 1 amide bonds. The number of piperidine rings is 1. The number of nitrogens with one attached hydrogen (secondary N) is 4. The van der Waals surface area contributed by atoms with Crippen molar-refractivity contribution in [1.29, 1.82) is 5.41 Å². The lowest BCUT2D eigenvalue weighted by Gasteiger charge is -2.41. The molecule has 2 saturated heterocycles. The number of carbonyl (C=O) groups excluding carboxylic acids is 1. The number of carbonyl (C=O) groups is 1. The number of hydrogen-bond donors (Lipinski definition) is 4. The average Bonchev–Trinajstić information content (AvgIpc) is 3.05. The fourth-order valence-electron chi connectivity index (χ4n) is 5.60. The Balaban J connectivity index is 1.45. The number of anilines is 5. The molecule has 3 aromatic rings. The van der Waals surface area contributed by atoms with E-state index in [1.54, 1.807) is 25.2 Å². The third-order valence-electron chi connectivity index (χ3n) is 7.83. The lowest BCUT2D eigenvalue weighted by molar-refractivity contribution is -0.111. The Morgan fingerprint density at radius 2 is 1.86 bits per heavy atom. The second-order valence-electron chi connectivity index (χ2n) is 10.4. The van der Waals surface area contributed by atoms with Crippen LogP contribution in [0.2, 0.25) is 0 Å². The Hall–Kier alpha value is -4.62. The molecule has 0 unspecified atom stereocenters. The van der Waals surface area contributed by atoms with Crippen LogP contribution in [0.15, 0.2) is 55.4 Å². The first kappa shape index (κ1) is 30.8. The fourth-order valence-corrected chi connectivity index (χ4v) is 5.60. The molecule has 11 nitrogen and oxygen atoms in total. The van der Waals surface area contributed by atoms with E-state index in [0.717, 1.165) is 62.0 Å². The minimum Gasteiger partial charge on any atom is -0.433 e. The highest BCUT2D eigenvalue weighted by atomic mass is 19.3. The summed E-state index contributed by atoms with van der Waals surface area (Å²) < 4.78 is 37.8. The van der Waals surface area contributed by atoms with Crippen LogP contribution in [0.4, 0.5) is 37.3 Å². The van der Waals surface area contributed by atoms with E-state index in [-0.39, 0.29) is 11.4 Å². The van der Waals surface area contributed by atoms with Crippen molar-refractivity contribution in [2.24, 2.45) is 0 Å². The quantitative estimate of drug-likeness (QED) is 0.177. The van der Waals surface area contributed by atoms with Gasteiger partial charge in [0.05, 0.1) is 36.0 Å². The number of alkyl halides is 2. The van der Waals surface area contributed by atoms with Crippen molar-refractivity contribution in [3.05, 3.63) is 60.9 Å². The van der Waals surface area contributed by atoms with Gasteiger partial charge >= 0.3 is 6.61 Å². The SMILES string of the molecule is C=CC(=O)Nc1cc(Nc2cc(-c3ccc(C=N)c(NC)c3)ncn2)c(OC(F)F)cc1N1CCC(N2CCOCC2)CC1. The van der Waals surface area contributed by atoms with Gasteiger partial charge in [-0.1, -0.05) is 18.7 Å². The van der Waals surface area contributed by atoms with Gasteiger partial charge in [-0.05, 0) is 31.1 Å². The third-order valence-corrected chi connectivity index (χ3v) is 7.83. The maximum Gasteiger partial charge on any atom is 0.387 e. The highest BCUT2D eigenvalue weighted by Crippen LogP contribution is 2.40. The molecule has 0 spiro atoms. The molecule has 0 atom stereocenters. The minimum absolute atomic E-state index is 0.0881. The van der Waals surface area contributed by atoms with Crippen LogP contribution < -0.4 is 25.6 Å². The largest absolute Gasteiger partial charge is 0.433 e. The van der Waals surface area contributed by atoms with Gasteiger partial charge < -0.3 is 35.7 Å². The molecule has 0 aliphatic carbocycles. The van der Waals surface area contributed by atoms with Crippen LogP contribution in [0.3, 0.4) is 0 Å². The van der Waals surface area contributed by atoms with Crippen LogP contribution in [0.1, 0.15) is 18.4 Å². The Bertz CT molecular complexity index is 1490. The van der Waals surface area contributed by atoms with E-state index in [2.05, 4.69) is 42.3 Å². The van der Waals surface area contributed by atoms with Gasteiger partial charge in [0.15, 0.2) is 5.75 Å².